The first-order valence-corrected chi connectivity index (χ1v) is 6.11. The molecule has 4 heteroatoms. The molecular formula is C15H17NO3. The monoisotopic (exact) mass is 259 g/mol. The maximum Gasteiger partial charge on any atom is 0.339 e. The summed E-state index contributed by atoms with van der Waals surface area (Å²) in [5, 5.41) is 12.2. The number of hydrogen-bond donors (Lipinski definition) is 2. The van der Waals surface area contributed by atoms with E-state index in [1.807, 2.05) is 19.9 Å². The van der Waals surface area contributed by atoms with Crippen molar-refractivity contribution < 1.29 is 14.3 Å². The minimum atomic E-state index is -0.959. The van der Waals surface area contributed by atoms with E-state index in [2.05, 4.69) is 17.4 Å². The number of carboxylic acid groups (broad SMARTS) is 1. The smallest absolute Gasteiger partial charge is 0.339 e. The fourth-order valence-corrected chi connectivity index (χ4v) is 1.95. The fourth-order valence-electron chi connectivity index (χ4n) is 1.95. The van der Waals surface area contributed by atoms with Gasteiger partial charge in [0, 0.05) is 5.69 Å². The molecule has 0 saturated carbocycles. The number of furan rings is 1. The summed E-state index contributed by atoms with van der Waals surface area (Å²) in [6, 6.07) is 7.73. The summed E-state index contributed by atoms with van der Waals surface area (Å²) in [4.78, 5) is 10.9. The Morgan fingerprint density at radius 1 is 1.26 bits per heavy atom. The lowest BCUT2D eigenvalue weighted by molar-refractivity contribution is 0.0695. The molecule has 0 amide bonds. The van der Waals surface area contributed by atoms with Crippen molar-refractivity contribution in [2.75, 3.05) is 5.32 Å². The van der Waals surface area contributed by atoms with Crippen molar-refractivity contribution in [1.82, 2.24) is 0 Å². The Labute approximate surface area is 112 Å². The van der Waals surface area contributed by atoms with Crippen molar-refractivity contribution in [2.45, 2.75) is 27.3 Å². The minimum absolute atomic E-state index is 0.220. The Kier molecular flexibility index (Phi) is 3.60. The fraction of sp³-hybridized carbons (Fsp3) is 0.267. The van der Waals surface area contributed by atoms with Gasteiger partial charge in [-0.05, 0) is 44.0 Å². The van der Waals surface area contributed by atoms with Gasteiger partial charge in [-0.25, -0.2) is 4.79 Å². The number of nitrogens with one attached hydrogen (secondary N) is 1. The van der Waals surface area contributed by atoms with Crippen LogP contribution in [-0.4, -0.2) is 11.1 Å². The van der Waals surface area contributed by atoms with E-state index in [4.69, 9.17) is 9.52 Å². The van der Waals surface area contributed by atoms with Gasteiger partial charge in [-0.2, -0.15) is 0 Å². The van der Waals surface area contributed by atoms with E-state index >= 15 is 0 Å². The van der Waals surface area contributed by atoms with Crippen molar-refractivity contribution in [2.24, 2.45) is 0 Å². The maximum absolute atomic E-state index is 10.9. The number of benzene rings is 1. The molecular weight excluding hydrogens is 242 g/mol. The third-order valence-corrected chi connectivity index (χ3v) is 3.05. The highest BCUT2D eigenvalue weighted by Crippen LogP contribution is 2.19. The average molecular weight is 259 g/mol. The Bertz CT molecular complexity index is 614. The molecule has 100 valence electrons. The van der Waals surface area contributed by atoms with E-state index in [0.29, 0.717) is 18.1 Å². The molecule has 0 unspecified atom stereocenters. The average Bonchev–Trinajstić information content (AvgIpc) is 2.72. The highest BCUT2D eigenvalue weighted by atomic mass is 16.4. The highest BCUT2D eigenvalue weighted by molar-refractivity contribution is 5.88. The number of carbonyl (C=O) groups is 1. The SMILES string of the molecule is Cc1ccc(C)c(NCc2cc(C(=O)O)c(C)o2)c1. The second-order valence-corrected chi connectivity index (χ2v) is 4.66. The van der Waals surface area contributed by atoms with Gasteiger partial charge >= 0.3 is 5.97 Å². The van der Waals surface area contributed by atoms with Crippen molar-refractivity contribution in [3.05, 3.63) is 52.5 Å². The van der Waals surface area contributed by atoms with Crippen LogP contribution in [0.1, 0.15) is 33.0 Å². The molecule has 2 aromatic rings. The van der Waals surface area contributed by atoms with Gasteiger partial charge in [-0.15, -0.1) is 0 Å². The summed E-state index contributed by atoms with van der Waals surface area (Å²) in [7, 11) is 0. The predicted molar refractivity (Wildman–Crippen MR) is 73.6 cm³/mol. The summed E-state index contributed by atoms with van der Waals surface area (Å²) in [5.74, 6) is 0.0975. The second-order valence-electron chi connectivity index (χ2n) is 4.66. The first-order chi connectivity index (χ1) is 8.97. The summed E-state index contributed by atoms with van der Waals surface area (Å²) < 4.78 is 5.42. The van der Waals surface area contributed by atoms with Crippen LogP contribution in [0.2, 0.25) is 0 Å². The lowest BCUT2D eigenvalue weighted by atomic mass is 10.1. The second kappa shape index (κ2) is 5.18. The zero-order chi connectivity index (χ0) is 14.0. The third kappa shape index (κ3) is 2.96. The van der Waals surface area contributed by atoms with Crippen LogP contribution in [0, 0.1) is 20.8 Å². The van der Waals surface area contributed by atoms with Gasteiger partial charge < -0.3 is 14.8 Å². The summed E-state index contributed by atoms with van der Waals surface area (Å²) >= 11 is 0. The normalized spacial score (nSPS) is 10.5. The summed E-state index contributed by atoms with van der Waals surface area (Å²) in [5.41, 5.74) is 3.57. The van der Waals surface area contributed by atoms with Gasteiger partial charge in [0.05, 0.1) is 6.54 Å². The molecule has 0 bridgehead atoms. The molecule has 1 aromatic carbocycles. The number of aromatic carboxylic acids is 1. The largest absolute Gasteiger partial charge is 0.478 e. The van der Waals surface area contributed by atoms with Crippen LogP contribution >= 0.6 is 0 Å². The van der Waals surface area contributed by atoms with Gasteiger partial charge in [0.1, 0.15) is 17.1 Å². The Hall–Kier alpha value is -2.23. The van der Waals surface area contributed by atoms with Gasteiger partial charge in [0.2, 0.25) is 0 Å². The standard InChI is InChI=1S/C15H17NO3/c1-9-4-5-10(2)14(6-9)16-8-12-7-13(15(17)18)11(3)19-12/h4-7,16H,8H2,1-3H3,(H,17,18). The number of anilines is 1. The van der Waals surface area contributed by atoms with Crippen LogP contribution in [0.25, 0.3) is 0 Å². The topological polar surface area (TPSA) is 62.5 Å². The van der Waals surface area contributed by atoms with E-state index in [9.17, 15) is 4.79 Å². The molecule has 4 nitrogen and oxygen atoms in total. The van der Waals surface area contributed by atoms with Gasteiger partial charge in [0.15, 0.2) is 0 Å². The molecule has 0 spiro atoms. The Morgan fingerprint density at radius 2 is 2.00 bits per heavy atom. The van der Waals surface area contributed by atoms with E-state index in [1.165, 1.54) is 5.56 Å². The lowest BCUT2D eigenvalue weighted by Gasteiger charge is -2.08. The van der Waals surface area contributed by atoms with E-state index in [1.54, 1.807) is 13.0 Å². The van der Waals surface area contributed by atoms with E-state index in [0.717, 1.165) is 11.3 Å². The quantitative estimate of drug-likeness (QED) is 0.881. The number of rotatable bonds is 4. The van der Waals surface area contributed by atoms with Crippen LogP contribution in [0.3, 0.4) is 0 Å². The molecule has 2 N–H and O–H groups in total. The van der Waals surface area contributed by atoms with Gasteiger partial charge in [-0.3, -0.25) is 0 Å². The summed E-state index contributed by atoms with van der Waals surface area (Å²) in [6.07, 6.45) is 0. The molecule has 0 radical (unpaired) electrons. The molecule has 0 aliphatic rings. The zero-order valence-electron chi connectivity index (χ0n) is 11.3. The molecule has 0 atom stereocenters. The molecule has 1 heterocycles. The number of carboxylic acids is 1. The van der Waals surface area contributed by atoms with Crippen LogP contribution < -0.4 is 5.32 Å². The first kappa shape index (κ1) is 13.2. The molecule has 2 rings (SSSR count). The maximum atomic E-state index is 10.9. The highest BCUT2D eigenvalue weighted by Gasteiger charge is 2.13. The van der Waals surface area contributed by atoms with Crippen molar-refractivity contribution in [1.29, 1.82) is 0 Å². The van der Waals surface area contributed by atoms with Crippen LogP contribution in [-0.2, 0) is 6.54 Å². The molecule has 0 saturated heterocycles. The van der Waals surface area contributed by atoms with Crippen LogP contribution in [0.5, 0.6) is 0 Å². The van der Waals surface area contributed by atoms with Crippen LogP contribution in [0.15, 0.2) is 28.7 Å². The molecule has 0 aliphatic carbocycles. The van der Waals surface area contributed by atoms with Gasteiger partial charge in [-0.1, -0.05) is 12.1 Å². The van der Waals surface area contributed by atoms with Crippen molar-refractivity contribution in [3.8, 4) is 0 Å². The molecule has 0 fully saturated rings. The molecule has 0 aliphatic heterocycles. The first-order valence-electron chi connectivity index (χ1n) is 6.11. The third-order valence-electron chi connectivity index (χ3n) is 3.05. The van der Waals surface area contributed by atoms with Gasteiger partial charge in [0.25, 0.3) is 0 Å². The van der Waals surface area contributed by atoms with E-state index in [-0.39, 0.29) is 5.56 Å². The van der Waals surface area contributed by atoms with Crippen LogP contribution in [0.4, 0.5) is 5.69 Å². The molecule has 1 aromatic heterocycles. The molecule has 19 heavy (non-hydrogen) atoms. The van der Waals surface area contributed by atoms with Crippen molar-refractivity contribution in [3.63, 3.8) is 0 Å². The lowest BCUT2D eigenvalue weighted by Crippen LogP contribution is -2.00. The summed E-state index contributed by atoms with van der Waals surface area (Å²) in [6.45, 7) is 6.19. The van der Waals surface area contributed by atoms with E-state index < -0.39 is 5.97 Å². The number of aryl methyl sites for hydroxylation is 3. The van der Waals surface area contributed by atoms with Crippen molar-refractivity contribution >= 4 is 11.7 Å². The Morgan fingerprint density at radius 3 is 2.63 bits per heavy atom. The Balaban J connectivity index is 2.12. The predicted octanol–water partition coefficient (Wildman–Crippen LogP) is 3.52. The minimum Gasteiger partial charge on any atom is -0.478 e. The zero-order valence-corrected chi connectivity index (χ0v) is 11.3. The number of hydrogen-bond acceptors (Lipinski definition) is 3.